The zero-order chi connectivity index (χ0) is 17.4. The monoisotopic (exact) mass is 304 g/mol. The Hall–Kier alpha value is -1.07. The van der Waals surface area contributed by atoms with Gasteiger partial charge in [0.2, 0.25) is 0 Å². The van der Waals surface area contributed by atoms with Crippen LogP contribution in [0.3, 0.4) is 0 Å². The van der Waals surface area contributed by atoms with E-state index in [1.54, 1.807) is 10.8 Å². The van der Waals surface area contributed by atoms with Crippen molar-refractivity contribution < 1.29 is 15.3 Å². The molecule has 0 rings (SSSR count). The molecule has 0 heterocycles. The van der Waals surface area contributed by atoms with E-state index in [-0.39, 0.29) is 19.8 Å². The van der Waals surface area contributed by atoms with E-state index < -0.39 is 5.41 Å². The summed E-state index contributed by atoms with van der Waals surface area (Å²) in [6.45, 7) is 26.2. The second-order valence-electron chi connectivity index (χ2n) is 2.80. The predicted octanol–water partition coefficient (Wildman–Crippen LogP) is 3.77. The van der Waals surface area contributed by atoms with Crippen LogP contribution < -0.4 is 0 Å². The average Bonchev–Trinajstić information content (AvgIpc) is 2.57. The molecule has 3 nitrogen and oxygen atoms in total. The van der Waals surface area contributed by atoms with Crippen LogP contribution in [0.25, 0.3) is 0 Å². The molecule has 3 N–H and O–H groups in total. The molecule has 0 saturated carbocycles. The molecule has 0 fully saturated rings. The molecule has 0 radical (unpaired) electrons. The first-order valence-corrected chi connectivity index (χ1v) is 6.80. The number of hydrogen-bond acceptors (Lipinski definition) is 4. The van der Waals surface area contributed by atoms with E-state index in [0.29, 0.717) is 6.42 Å². The van der Waals surface area contributed by atoms with Gasteiger partial charge < -0.3 is 15.3 Å². The molecule has 0 amide bonds. The van der Waals surface area contributed by atoms with Gasteiger partial charge in [-0.1, -0.05) is 20.1 Å². The van der Waals surface area contributed by atoms with Crippen LogP contribution in [0.1, 0.15) is 13.3 Å². The van der Waals surface area contributed by atoms with Gasteiger partial charge in [0.1, 0.15) is 0 Å². The fourth-order valence-electron chi connectivity index (χ4n) is 0.553. The first-order valence-electron chi connectivity index (χ1n) is 5.86. The van der Waals surface area contributed by atoms with Gasteiger partial charge >= 0.3 is 0 Å². The normalized spacial score (nSPS) is 7.60. The SMILES string of the molecule is C=C.C=C.C=C.C=CSC=C.CCC(CO)(CO)CO. The highest BCUT2D eigenvalue weighted by molar-refractivity contribution is 8.04. The smallest absolute Gasteiger partial charge is 0.0531 e. The van der Waals surface area contributed by atoms with E-state index in [1.165, 1.54) is 11.8 Å². The molecule has 0 unspecified atom stereocenters. The van der Waals surface area contributed by atoms with Gasteiger partial charge in [-0.15, -0.1) is 51.2 Å². The van der Waals surface area contributed by atoms with Crippen molar-refractivity contribution >= 4 is 11.8 Å². The summed E-state index contributed by atoms with van der Waals surface area (Å²) in [5.41, 5.74) is -0.667. The lowest BCUT2D eigenvalue weighted by Crippen LogP contribution is -2.32. The third kappa shape index (κ3) is 25.7. The number of hydrogen-bond donors (Lipinski definition) is 3. The highest BCUT2D eigenvalue weighted by atomic mass is 32.2. The molecule has 0 aromatic carbocycles. The molecule has 0 aliphatic carbocycles. The third-order valence-electron chi connectivity index (χ3n) is 1.95. The van der Waals surface area contributed by atoms with Gasteiger partial charge in [0.15, 0.2) is 0 Å². The molecule has 0 aliphatic rings. The van der Waals surface area contributed by atoms with E-state index in [2.05, 4.69) is 52.6 Å². The maximum atomic E-state index is 8.66. The summed E-state index contributed by atoms with van der Waals surface area (Å²) in [4.78, 5) is 0. The zero-order valence-electron chi connectivity index (χ0n) is 12.9. The minimum absolute atomic E-state index is 0.156. The molecule has 0 bridgehead atoms. The number of aliphatic hydroxyl groups is 3. The van der Waals surface area contributed by atoms with Crippen LogP contribution in [0.15, 0.2) is 63.4 Å². The Morgan fingerprint density at radius 3 is 1.05 bits per heavy atom. The molecule has 20 heavy (non-hydrogen) atoms. The predicted molar refractivity (Wildman–Crippen MR) is 95.7 cm³/mol. The van der Waals surface area contributed by atoms with Crippen LogP contribution in [-0.4, -0.2) is 35.1 Å². The Morgan fingerprint density at radius 1 is 0.800 bits per heavy atom. The maximum absolute atomic E-state index is 8.66. The maximum Gasteiger partial charge on any atom is 0.0531 e. The molecule has 0 aliphatic heterocycles. The van der Waals surface area contributed by atoms with Gasteiger partial charge in [-0.05, 0) is 17.2 Å². The van der Waals surface area contributed by atoms with E-state index >= 15 is 0 Å². The molecule has 0 aromatic heterocycles. The van der Waals surface area contributed by atoms with Gasteiger partial charge in [-0.3, -0.25) is 0 Å². The molecule has 0 atom stereocenters. The molecular weight excluding hydrogens is 272 g/mol. The Morgan fingerprint density at radius 2 is 1.05 bits per heavy atom. The minimum Gasteiger partial charge on any atom is -0.396 e. The van der Waals surface area contributed by atoms with Crippen molar-refractivity contribution in [3.63, 3.8) is 0 Å². The average molecular weight is 304 g/mol. The topological polar surface area (TPSA) is 60.7 Å². The summed E-state index contributed by atoms with van der Waals surface area (Å²) in [6.07, 6.45) is 0.594. The van der Waals surface area contributed by atoms with Crippen molar-refractivity contribution in [2.45, 2.75) is 13.3 Å². The fraction of sp³-hybridized carbons (Fsp3) is 0.375. The second kappa shape index (κ2) is 36.1. The van der Waals surface area contributed by atoms with E-state index in [9.17, 15) is 0 Å². The lowest BCUT2D eigenvalue weighted by atomic mass is 9.88. The molecule has 0 spiro atoms. The van der Waals surface area contributed by atoms with Crippen molar-refractivity contribution in [3.8, 4) is 0 Å². The van der Waals surface area contributed by atoms with Gasteiger partial charge in [0.05, 0.1) is 19.8 Å². The number of aliphatic hydroxyl groups excluding tert-OH is 3. The second-order valence-corrected chi connectivity index (χ2v) is 3.74. The van der Waals surface area contributed by atoms with Crippen LogP contribution in [0, 0.1) is 5.41 Å². The highest BCUT2D eigenvalue weighted by Gasteiger charge is 2.24. The summed E-state index contributed by atoms with van der Waals surface area (Å²) in [6, 6.07) is 0. The summed E-state index contributed by atoms with van der Waals surface area (Å²) in [5, 5.41) is 29.4. The fourth-order valence-corrected chi connectivity index (χ4v) is 0.690. The lowest BCUT2D eigenvalue weighted by molar-refractivity contribution is 0.00304. The minimum atomic E-state index is -0.667. The van der Waals surface area contributed by atoms with Crippen LogP contribution in [0.5, 0.6) is 0 Å². The van der Waals surface area contributed by atoms with Gasteiger partial charge in [-0.25, -0.2) is 0 Å². The van der Waals surface area contributed by atoms with Crippen LogP contribution in [0.2, 0.25) is 0 Å². The van der Waals surface area contributed by atoms with Crippen molar-refractivity contribution in [3.05, 3.63) is 63.4 Å². The number of rotatable bonds is 6. The van der Waals surface area contributed by atoms with Crippen molar-refractivity contribution in [2.75, 3.05) is 19.8 Å². The van der Waals surface area contributed by atoms with E-state index in [1.807, 2.05) is 6.92 Å². The standard InChI is InChI=1S/C6H14O3.C4H6S.3C2H4/c1-2-6(3-7,4-8)5-9;1-3-5-4-2;3*1-2/h7-9H,2-5H2,1H3;3-4H,1-2H2;3*1-2H2. The first kappa shape index (κ1) is 31.4. The van der Waals surface area contributed by atoms with Gasteiger partial charge in [0.25, 0.3) is 0 Å². The summed E-state index contributed by atoms with van der Waals surface area (Å²) < 4.78 is 0. The summed E-state index contributed by atoms with van der Waals surface area (Å²) in [7, 11) is 0. The third-order valence-corrected chi connectivity index (χ3v) is 2.33. The van der Waals surface area contributed by atoms with Crippen LogP contribution >= 0.6 is 11.8 Å². The highest BCUT2D eigenvalue weighted by Crippen LogP contribution is 2.18. The Balaban J connectivity index is -0.0000000580. The molecular formula is C16H32O3S. The van der Waals surface area contributed by atoms with Gasteiger partial charge in [0, 0.05) is 5.41 Å². The van der Waals surface area contributed by atoms with Crippen molar-refractivity contribution in [1.29, 1.82) is 0 Å². The zero-order valence-corrected chi connectivity index (χ0v) is 13.7. The lowest BCUT2D eigenvalue weighted by Gasteiger charge is -2.24. The van der Waals surface area contributed by atoms with Gasteiger partial charge in [-0.2, -0.15) is 0 Å². The first-order chi connectivity index (χ1) is 9.66. The van der Waals surface area contributed by atoms with Crippen LogP contribution in [0.4, 0.5) is 0 Å². The Kier molecular flexibility index (Phi) is 56.6. The summed E-state index contributed by atoms with van der Waals surface area (Å²) in [5.74, 6) is 0. The van der Waals surface area contributed by atoms with E-state index in [0.717, 1.165) is 0 Å². The van der Waals surface area contributed by atoms with Crippen molar-refractivity contribution in [2.24, 2.45) is 5.41 Å². The van der Waals surface area contributed by atoms with Crippen molar-refractivity contribution in [1.82, 2.24) is 0 Å². The largest absolute Gasteiger partial charge is 0.396 e. The molecule has 0 saturated heterocycles. The molecule has 120 valence electrons. The quantitative estimate of drug-likeness (QED) is 0.654. The molecule has 4 heteroatoms. The Labute approximate surface area is 129 Å². The van der Waals surface area contributed by atoms with Crippen LogP contribution in [-0.2, 0) is 0 Å². The Bertz CT molecular complexity index is 152. The number of thioether (sulfide) groups is 1. The van der Waals surface area contributed by atoms with E-state index in [4.69, 9.17) is 15.3 Å². The molecule has 0 aromatic rings. The summed E-state index contributed by atoms with van der Waals surface area (Å²) >= 11 is 1.49.